The molecular weight excluding hydrogens is 380 g/mol. The standard InChI is InChI=1S/C21H19ClN2O2S/c1-4-11-27-21-23-18(12-15-7-5-14(2)6-8-15)20(25)24(21)16-9-10-19(26-3)17(22)13-16/h4-10,12-13H,1,11H2,2-3H3. The first-order valence-electron chi connectivity index (χ1n) is 8.32. The summed E-state index contributed by atoms with van der Waals surface area (Å²) in [5.74, 6) is 1.01. The SMILES string of the molecule is C=CCSC1=NC(=Cc2ccc(C)cc2)C(=O)N1c1ccc(OC)c(Cl)c1. The number of hydrogen-bond acceptors (Lipinski definition) is 4. The lowest BCUT2D eigenvalue weighted by atomic mass is 10.1. The Balaban J connectivity index is 1.98. The van der Waals surface area contributed by atoms with Gasteiger partial charge in [0.25, 0.3) is 5.91 Å². The third-order valence-electron chi connectivity index (χ3n) is 3.93. The molecule has 1 aliphatic rings. The molecule has 4 nitrogen and oxygen atoms in total. The van der Waals surface area contributed by atoms with Gasteiger partial charge in [0, 0.05) is 5.75 Å². The molecule has 0 spiro atoms. The van der Waals surface area contributed by atoms with Crippen molar-refractivity contribution in [1.82, 2.24) is 0 Å². The van der Waals surface area contributed by atoms with Crippen molar-refractivity contribution >= 4 is 46.2 Å². The summed E-state index contributed by atoms with van der Waals surface area (Å²) in [6.45, 7) is 5.76. The number of nitrogens with zero attached hydrogens (tertiary/aromatic N) is 2. The lowest BCUT2D eigenvalue weighted by molar-refractivity contribution is -0.113. The molecule has 3 rings (SSSR count). The van der Waals surface area contributed by atoms with Crippen molar-refractivity contribution in [3.8, 4) is 5.75 Å². The van der Waals surface area contributed by atoms with Crippen LogP contribution in [0.15, 0.2) is 65.8 Å². The zero-order valence-electron chi connectivity index (χ0n) is 15.1. The van der Waals surface area contributed by atoms with Gasteiger partial charge in [0.2, 0.25) is 0 Å². The van der Waals surface area contributed by atoms with Crippen LogP contribution in [0.25, 0.3) is 6.08 Å². The summed E-state index contributed by atoms with van der Waals surface area (Å²) >= 11 is 7.69. The van der Waals surface area contributed by atoms with Gasteiger partial charge in [0.1, 0.15) is 11.4 Å². The van der Waals surface area contributed by atoms with Crippen molar-refractivity contribution in [2.75, 3.05) is 17.8 Å². The molecule has 2 aromatic rings. The van der Waals surface area contributed by atoms with E-state index in [0.717, 1.165) is 11.1 Å². The van der Waals surface area contributed by atoms with E-state index in [9.17, 15) is 4.79 Å². The fourth-order valence-electron chi connectivity index (χ4n) is 2.57. The molecule has 0 aromatic heterocycles. The average Bonchev–Trinajstić information content (AvgIpc) is 2.97. The maximum Gasteiger partial charge on any atom is 0.283 e. The Hall–Kier alpha value is -2.50. The Labute approximate surface area is 168 Å². The van der Waals surface area contributed by atoms with Gasteiger partial charge in [0.15, 0.2) is 5.17 Å². The van der Waals surface area contributed by atoms with Gasteiger partial charge in [-0.05, 0) is 36.8 Å². The second-order valence-electron chi connectivity index (χ2n) is 5.89. The van der Waals surface area contributed by atoms with E-state index < -0.39 is 0 Å². The number of amidine groups is 1. The van der Waals surface area contributed by atoms with E-state index in [1.54, 1.807) is 42.4 Å². The number of benzene rings is 2. The lowest BCUT2D eigenvalue weighted by Gasteiger charge is -2.18. The number of ether oxygens (including phenoxy) is 1. The molecular formula is C21H19ClN2O2S. The number of carbonyl (C=O) groups excluding carboxylic acids is 1. The summed E-state index contributed by atoms with van der Waals surface area (Å²) in [4.78, 5) is 19.2. The second-order valence-corrected chi connectivity index (χ2v) is 7.29. The smallest absolute Gasteiger partial charge is 0.283 e. The van der Waals surface area contributed by atoms with E-state index in [1.807, 2.05) is 31.2 Å². The van der Waals surface area contributed by atoms with E-state index in [2.05, 4.69) is 11.6 Å². The highest BCUT2D eigenvalue weighted by Crippen LogP contribution is 2.34. The first kappa shape index (κ1) is 19.3. The van der Waals surface area contributed by atoms with Crippen LogP contribution in [-0.2, 0) is 4.79 Å². The van der Waals surface area contributed by atoms with Crippen molar-refractivity contribution in [2.24, 2.45) is 4.99 Å². The molecule has 1 heterocycles. The molecule has 0 unspecified atom stereocenters. The fraction of sp³-hybridized carbons (Fsp3) is 0.143. The summed E-state index contributed by atoms with van der Waals surface area (Å²) in [5, 5.41) is 1.03. The van der Waals surface area contributed by atoms with E-state index in [0.29, 0.717) is 33.1 Å². The van der Waals surface area contributed by atoms with E-state index in [-0.39, 0.29) is 5.91 Å². The monoisotopic (exact) mass is 398 g/mol. The second kappa shape index (κ2) is 8.46. The molecule has 138 valence electrons. The highest BCUT2D eigenvalue weighted by Gasteiger charge is 2.32. The predicted molar refractivity (Wildman–Crippen MR) is 115 cm³/mol. The van der Waals surface area contributed by atoms with Crippen LogP contribution in [0.4, 0.5) is 5.69 Å². The highest BCUT2D eigenvalue weighted by atomic mass is 35.5. The number of rotatable bonds is 5. The van der Waals surface area contributed by atoms with Crippen molar-refractivity contribution in [3.05, 3.63) is 77.0 Å². The first-order chi connectivity index (χ1) is 13.0. The van der Waals surface area contributed by atoms with Gasteiger partial charge >= 0.3 is 0 Å². The number of aliphatic imine (C=N–C) groups is 1. The molecule has 0 saturated carbocycles. The molecule has 6 heteroatoms. The van der Waals surface area contributed by atoms with Crippen LogP contribution < -0.4 is 9.64 Å². The van der Waals surface area contributed by atoms with Crippen LogP contribution in [0.2, 0.25) is 5.02 Å². The van der Waals surface area contributed by atoms with Crippen LogP contribution in [0.3, 0.4) is 0 Å². The third-order valence-corrected chi connectivity index (χ3v) is 5.16. The number of aryl methyl sites for hydroxylation is 1. The molecule has 0 atom stereocenters. The minimum Gasteiger partial charge on any atom is -0.495 e. The van der Waals surface area contributed by atoms with Gasteiger partial charge < -0.3 is 4.74 Å². The summed E-state index contributed by atoms with van der Waals surface area (Å²) in [6.07, 6.45) is 3.57. The Morgan fingerprint density at radius 3 is 2.63 bits per heavy atom. The van der Waals surface area contributed by atoms with Crippen molar-refractivity contribution in [2.45, 2.75) is 6.92 Å². The van der Waals surface area contributed by atoms with Crippen molar-refractivity contribution in [3.63, 3.8) is 0 Å². The maximum atomic E-state index is 13.0. The molecule has 0 radical (unpaired) electrons. The molecule has 2 aromatic carbocycles. The molecule has 1 amide bonds. The summed E-state index contributed by atoms with van der Waals surface area (Å²) < 4.78 is 5.20. The van der Waals surface area contributed by atoms with Crippen LogP contribution in [-0.4, -0.2) is 23.9 Å². The summed E-state index contributed by atoms with van der Waals surface area (Å²) in [6, 6.07) is 13.2. The summed E-state index contributed by atoms with van der Waals surface area (Å²) in [7, 11) is 1.55. The molecule has 0 aliphatic carbocycles. The molecule has 27 heavy (non-hydrogen) atoms. The molecule has 0 bridgehead atoms. The Kier molecular flexibility index (Phi) is 6.04. The topological polar surface area (TPSA) is 41.9 Å². The number of carbonyl (C=O) groups is 1. The maximum absolute atomic E-state index is 13.0. The van der Waals surface area contributed by atoms with Gasteiger partial charge in [-0.3, -0.25) is 9.69 Å². The van der Waals surface area contributed by atoms with Gasteiger partial charge in [-0.25, -0.2) is 4.99 Å². The van der Waals surface area contributed by atoms with Crippen LogP contribution >= 0.6 is 23.4 Å². The fourth-order valence-corrected chi connectivity index (χ4v) is 3.57. The molecule has 0 fully saturated rings. The zero-order valence-corrected chi connectivity index (χ0v) is 16.7. The molecule has 0 saturated heterocycles. The van der Waals surface area contributed by atoms with Gasteiger partial charge in [-0.1, -0.05) is 59.3 Å². The summed E-state index contributed by atoms with van der Waals surface area (Å²) in [5.41, 5.74) is 3.12. The minimum atomic E-state index is -0.191. The number of thioether (sulfide) groups is 1. The number of methoxy groups -OCH3 is 1. The third kappa shape index (κ3) is 4.26. The van der Waals surface area contributed by atoms with E-state index in [4.69, 9.17) is 16.3 Å². The predicted octanol–water partition coefficient (Wildman–Crippen LogP) is 5.32. The Morgan fingerprint density at radius 1 is 1.26 bits per heavy atom. The van der Waals surface area contributed by atoms with Crippen LogP contribution in [0.1, 0.15) is 11.1 Å². The zero-order chi connectivity index (χ0) is 19.4. The van der Waals surface area contributed by atoms with Gasteiger partial charge in [-0.15, -0.1) is 6.58 Å². The van der Waals surface area contributed by atoms with E-state index in [1.165, 1.54) is 11.8 Å². The Bertz CT molecular complexity index is 936. The quantitative estimate of drug-likeness (QED) is 0.505. The number of anilines is 1. The van der Waals surface area contributed by atoms with Crippen LogP contribution in [0, 0.1) is 6.92 Å². The normalized spacial score (nSPS) is 15.2. The first-order valence-corrected chi connectivity index (χ1v) is 9.68. The van der Waals surface area contributed by atoms with Crippen molar-refractivity contribution in [1.29, 1.82) is 0 Å². The average molecular weight is 399 g/mol. The minimum absolute atomic E-state index is 0.191. The van der Waals surface area contributed by atoms with Crippen LogP contribution in [0.5, 0.6) is 5.75 Å². The molecule has 0 N–H and O–H groups in total. The lowest BCUT2D eigenvalue weighted by Crippen LogP contribution is -2.30. The number of halogens is 1. The van der Waals surface area contributed by atoms with Crippen molar-refractivity contribution < 1.29 is 9.53 Å². The van der Waals surface area contributed by atoms with Gasteiger partial charge in [-0.2, -0.15) is 0 Å². The Morgan fingerprint density at radius 2 is 2.00 bits per heavy atom. The molecule has 1 aliphatic heterocycles. The highest BCUT2D eigenvalue weighted by molar-refractivity contribution is 8.14. The largest absolute Gasteiger partial charge is 0.495 e. The van der Waals surface area contributed by atoms with E-state index >= 15 is 0 Å². The number of amides is 1. The number of hydrogen-bond donors (Lipinski definition) is 0. The van der Waals surface area contributed by atoms with Gasteiger partial charge in [0.05, 0.1) is 17.8 Å².